The zero-order chi connectivity index (χ0) is 14.4. The van der Waals surface area contributed by atoms with Gasteiger partial charge >= 0.3 is 5.97 Å². The number of hydrogen-bond donors (Lipinski definition) is 1. The van der Waals surface area contributed by atoms with Crippen LogP contribution in [0, 0.1) is 0 Å². The van der Waals surface area contributed by atoms with Gasteiger partial charge in [0.05, 0.1) is 6.42 Å². The van der Waals surface area contributed by atoms with E-state index in [1.54, 1.807) is 12.1 Å². The fourth-order valence-corrected chi connectivity index (χ4v) is 3.16. The first-order chi connectivity index (χ1) is 9.63. The van der Waals surface area contributed by atoms with Gasteiger partial charge in [0, 0.05) is 22.3 Å². The minimum Gasteiger partial charge on any atom is -0.481 e. The Kier molecular flexibility index (Phi) is 5.07. The summed E-state index contributed by atoms with van der Waals surface area (Å²) in [4.78, 5) is 10.6. The minimum absolute atomic E-state index is 0.0212. The minimum atomic E-state index is -0.956. The van der Waals surface area contributed by atoms with Crippen molar-refractivity contribution in [2.75, 3.05) is 0 Å². The summed E-state index contributed by atoms with van der Waals surface area (Å²) in [6.07, 6.45) is 0.0212. The Labute approximate surface area is 120 Å². The van der Waals surface area contributed by atoms with Gasteiger partial charge in [-0.3, -0.25) is 9.00 Å². The van der Waals surface area contributed by atoms with Gasteiger partial charge in [-0.25, -0.2) is 0 Å². The second-order valence-corrected chi connectivity index (χ2v) is 6.06. The lowest BCUT2D eigenvalue weighted by atomic mass is 10.1. The van der Waals surface area contributed by atoms with E-state index in [-0.39, 0.29) is 6.42 Å². The van der Waals surface area contributed by atoms with E-state index >= 15 is 0 Å². The maximum atomic E-state index is 12.1. The molecule has 0 aromatic heterocycles. The highest BCUT2D eigenvalue weighted by Gasteiger charge is 2.05. The number of carboxylic acids is 1. The third-order valence-corrected chi connectivity index (χ3v) is 4.19. The van der Waals surface area contributed by atoms with E-state index in [0.29, 0.717) is 11.5 Å². The Hall–Kier alpha value is -1.94. The van der Waals surface area contributed by atoms with E-state index in [1.807, 2.05) is 42.5 Å². The molecule has 0 fully saturated rings. The van der Waals surface area contributed by atoms with Crippen molar-refractivity contribution in [2.45, 2.75) is 17.9 Å². The predicted molar refractivity (Wildman–Crippen MR) is 79.8 cm³/mol. The summed E-state index contributed by atoms with van der Waals surface area (Å²) < 4.78 is 12.1. The van der Waals surface area contributed by atoms with Crippen LogP contribution in [0.5, 0.6) is 0 Å². The summed E-state index contributed by atoms with van der Waals surface area (Å²) >= 11 is 0. The van der Waals surface area contributed by atoms with Crippen LogP contribution < -0.4 is 0 Å². The first kappa shape index (κ1) is 14.5. The molecule has 0 amide bonds. The van der Waals surface area contributed by atoms with E-state index in [0.717, 1.165) is 16.7 Å². The van der Waals surface area contributed by atoms with Crippen molar-refractivity contribution < 1.29 is 14.1 Å². The van der Waals surface area contributed by atoms with Crippen LogP contribution in [-0.4, -0.2) is 15.3 Å². The van der Waals surface area contributed by atoms with Crippen molar-refractivity contribution in [1.29, 1.82) is 0 Å². The van der Waals surface area contributed by atoms with Crippen molar-refractivity contribution in [3.63, 3.8) is 0 Å². The van der Waals surface area contributed by atoms with Gasteiger partial charge in [0.25, 0.3) is 0 Å². The van der Waals surface area contributed by atoms with Crippen LogP contribution in [-0.2, 0) is 33.5 Å². The normalized spacial score (nSPS) is 12.0. The monoisotopic (exact) mass is 288 g/mol. The van der Waals surface area contributed by atoms with Crippen LogP contribution in [0.3, 0.4) is 0 Å². The molecule has 0 aliphatic rings. The maximum Gasteiger partial charge on any atom is 0.307 e. The molecule has 0 saturated carbocycles. The second-order valence-electron chi connectivity index (χ2n) is 4.60. The summed E-state index contributed by atoms with van der Waals surface area (Å²) in [5.74, 6) is 0.186. The average molecular weight is 288 g/mol. The van der Waals surface area contributed by atoms with Gasteiger partial charge < -0.3 is 5.11 Å². The fourth-order valence-electron chi connectivity index (χ4n) is 1.93. The Morgan fingerprint density at radius 2 is 1.35 bits per heavy atom. The van der Waals surface area contributed by atoms with E-state index in [9.17, 15) is 9.00 Å². The highest BCUT2D eigenvalue weighted by molar-refractivity contribution is 7.83. The van der Waals surface area contributed by atoms with Gasteiger partial charge in [0.1, 0.15) is 0 Å². The van der Waals surface area contributed by atoms with Crippen LogP contribution in [0.4, 0.5) is 0 Å². The first-order valence-corrected chi connectivity index (χ1v) is 7.81. The fraction of sp³-hybridized carbons (Fsp3) is 0.188. The number of rotatable bonds is 6. The Bertz CT molecular complexity index is 591. The van der Waals surface area contributed by atoms with Crippen molar-refractivity contribution >= 4 is 16.8 Å². The van der Waals surface area contributed by atoms with Crippen LogP contribution in [0.25, 0.3) is 0 Å². The highest BCUT2D eigenvalue weighted by atomic mass is 32.2. The molecular weight excluding hydrogens is 272 g/mol. The third kappa shape index (κ3) is 4.63. The van der Waals surface area contributed by atoms with E-state index in [4.69, 9.17) is 5.11 Å². The molecular formula is C16H16O3S. The van der Waals surface area contributed by atoms with E-state index in [2.05, 4.69) is 0 Å². The number of hydrogen-bond acceptors (Lipinski definition) is 2. The molecule has 2 aromatic carbocycles. The molecule has 1 N–H and O–H groups in total. The largest absolute Gasteiger partial charge is 0.481 e. The van der Waals surface area contributed by atoms with Gasteiger partial charge in [-0.15, -0.1) is 0 Å². The molecule has 2 rings (SSSR count). The molecule has 1 atom stereocenters. The Morgan fingerprint density at radius 3 is 1.90 bits per heavy atom. The van der Waals surface area contributed by atoms with E-state index in [1.165, 1.54) is 0 Å². The van der Waals surface area contributed by atoms with Crippen LogP contribution in [0.2, 0.25) is 0 Å². The molecule has 0 heterocycles. The van der Waals surface area contributed by atoms with Crippen molar-refractivity contribution in [3.05, 3.63) is 71.3 Å². The molecule has 2 aromatic rings. The molecule has 0 saturated heterocycles. The maximum absolute atomic E-state index is 12.1. The Balaban J connectivity index is 1.93. The zero-order valence-electron chi connectivity index (χ0n) is 11.0. The van der Waals surface area contributed by atoms with Crippen LogP contribution in [0.1, 0.15) is 16.7 Å². The summed E-state index contributed by atoms with van der Waals surface area (Å²) in [6.45, 7) is 0. The third-order valence-electron chi connectivity index (χ3n) is 2.88. The van der Waals surface area contributed by atoms with Gasteiger partial charge in [-0.05, 0) is 16.7 Å². The average Bonchev–Trinajstić information content (AvgIpc) is 2.41. The van der Waals surface area contributed by atoms with Crippen molar-refractivity contribution in [1.82, 2.24) is 0 Å². The summed E-state index contributed by atoms with van der Waals surface area (Å²) in [7, 11) is -0.956. The van der Waals surface area contributed by atoms with Crippen molar-refractivity contribution in [2.24, 2.45) is 0 Å². The number of carboxylic acid groups (broad SMARTS) is 1. The smallest absolute Gasteiger partial charge is 0.307 e. The quantitative estimate of drug-likeness (QED) is 0.889. The number of aliphatic carboxylic acids is 1. The lowest BCUT2D eigenvalue weighted by Crippen LogP contribution is -2.01. The number of carbonyl (C=O) groups is 1. The molecule has 3 nitrogen and oxygen atoms in total. The molecule has 0 bridgehead atoms. The topological polar surface area (TPSA) is 54.4 Å². The molecule has 20 heavy (non-hydrogen) atoms. The summed E-state index contributed by atoms with van der Waals surface area (Å²) in [5.41, 5.74) is 2.79. The molecule has 0 aliphatic heterocycles. The van der Waals surface area contributed by atoms with Gasteiger partial charge in [0.15, 0.2) is 0 Å². The lowest BCUT2D eigenvalue weighted by Gasteiger charge is -2.04. The Morgan fingerprint density at radius 1 is 0.850 bits per heavy atom. The molecule has 104 valence electrons. The summed E-state index contributed by atoms with van der Waals surface area (Å²) in [6, 6.07) is 17.0. The van der Waals surface area contributed by atoms with Gasteiger partial charge in [-0.1, -0.05) is 54.6 Å². The van der Waals surface area contributed by atoms with Gasteiger partial charge in [0.2, 0.25) is 0 Å². The SMILES string of the molecule is O=C(O)Cc1ccc(CS(=O)Cc2ccccc2)cc1. The predicted octanol–water partition coefficient (Wildman–Crippen LogP) is 2.76. The zero-order valence-corrected chi connectivity index (χ0v) is 11.8. The molecule has 1 unspecified atom stereocenters. The van der Waals surface area contributed by atoms with Crippen molar-refractivity contribution in [3.8, 4) is 0 Å². The second kappa shape index (κ2) is 7.01. The van der Waals surface area contributed by atoms with Gasteiger partial charge in [-0.2, -0.15) is 0 Å². The van der Waals surface area contributed by atoms with Crippen LogP contribution in [0.15, 0.2) is 54.6 Å². The van der Waals surface area contributed by atoms with E-state index < -0.39 is 16.8 Å². The molecule has 4 heteroatoms. The molecule has 0 spiro atoms. The lowest BCUT2D eigenvalue weighted by molar-refractivity contribution is -0.136. The first-order valence-electron chi connectivity index (χ1n) is 6.32. The standard InChI is InChI=1S/C16H16O3S/c17-16(18)10-13-6-8-15(9-7-13)12-20(19)11-14-4-2-1-3-5-14/h1-9H,10-12H2,(H,17,18). The molecule has 0 aliphatic carbocycles. The van der Waals surface area contributed by atoms with Crippen LogP contribution >= 0.6 is 0 Å². The highest BCUT2D eigenvalue weighted by Crippen LogP contribution is 2.11. The molecule has 0 radical (unpaired) electrons. The number of benzene rings is 2. The summed E-state index contributed by atoms with van der Waals surface area (Å²) in [5, 5.41) is 8.70.